The maximum atomic E-state index is 12.5. The van der Waals surface area contributed by atoms with Crippen LogP contribution >= 0.6 is 22.9 Å². The van der Waals surface area contributed by atoms with Crippen molar-refractivity contribution in [1.82, 2.24) is 4.72 Å². The summed E-state index contributed by atoms with van der Waals surface area (Å²) in [6.07, 6.45) is 2.00. The Hall–Kier alpha value is -1.41. The molecule has 1 aromatic carbocycles. The van der Waals surface area contributed by atoms with Gasteiger partial charge in [-0.2, -0.15) is 0 Å². The molecule has 25 heavy (non-hydrogen) atoms. The fourth-order valence-corrected chi connectivity index (χ4v) is 5.03. The topological polar surface area (TPSA) is 83.5 Å². The molecule has 0 bridgehead atoms. The number of sulfonamides is 1. The quantitative estimate of drug-likeness (QED) is 0.658. The second kappa shape index (κ2) is 8.80. The van der Waals surface area contributed by atoms with E-state index in [0.717, 1.165) is 9.75 Å². The molecule has 1 atom stereocenters. The molecule has 8 heteroatoms. The Morgan fingerprint density at radius 3 is 2.52 bits per heavy atom. The van der Waals surface area contributed by atoms with Crippen LogP contribution in [0.5, 0.6) is 0 Å². The lowest BCUT2D eigenvalue weighted by Crippen LogP contribution is -2.27. The fraction of sp³-hybridized carbons (Fsp3) is 0.353. The maximum Gasteiger partial charge on any atom is 0.303 e. The van der Waals surface area contributed by atoms with E-state index >= 15 is 0 Å². The molecule has 0 aliphatic rings. The van der Waals surface area contributed by atoms with Gasteiger partial charge in [-0.1, -0.05) is 18.5 Å². The molecule has 0 aliphatic heterocycles. The largest absolute Gasteiger partial charge is 0.481 e. The first-order chi connectivity index (χ1) is 11.8. The molecular weight excluding hydrogens is 382 g/mol. The summed E-state index contributed by atoms with van der Waals surface area (Å²) < 4.78 is 27.8. The van der Waals surface area contributed by atoms with Gasteiger partial charge < -0.3 is 5.11 Å². The van der Waals surface area contributed by atoms with Crippen LogP contribution in [0, 0.1) is 0 Å². The molecule has 2 N–H and O–H groups in total. The second-order valence-corrected chi connectivity index (χ2v) is 8.94. The number of hydrogen-bond donors (Lipinski definition) is 2. The van der Waals surface area contributed by atoms with Gasteiger partial charge in [-0.15, -0.1) is 11.3 Å². The van der Waals surface area contributed by atoms with Crippen molar-refractivity contribution in [3.63, 3.8) is 0 Å². The first-order valence-electron chi connectivity index (χ1n) is 7.90. The van der Waals surface area contributed by atoms with E-state index in [0.29, 0.717) is 24.3 Å². The number of hydrogen-bond acceptors (Lipinski definition) is 4. The summed E-state index contributed by atoms with van der Waals surface area (Å²) in [4.78, 5) is 12.7. The van der Waals surface area contributed by atoms with Gasteiger partial charge in [0.1, 0.15) is 0 Å². The molecule has 0 saturated heterocycles. The molecule has 0 aliphatic carbocycles. The van der Waals surface area contributed by atoms with Gasteiger partial charge in [0.25, 0.3) is 0 Å². The van der Waals surface area contributed by atoms with Crippen LogP contribution in [-0.2, 0) is 21.2 Å². The van der Waals surface area contributed by atoms with E-state index in [9.17, 15) is 13.2 Å². The monoisotopic (exact) mass is 401 g/mol. The third-order valence-electron chi connectivity index (χ3n) is 3.67. The molecule has 0 saturated carbocycles. The third-order valence-corrected chi connectivity index (χ3v) is 6.67. The molecular formula is C17H20ClNO4S2. The van der Waals surface area contributed by atoms with E-state index < -0.39 is 16.0 Å². The number of carboxylic acid groups (broad SMARTS) is 1. The standard InChI is InChI=1S/C17H20ClNO4S2/c1-2-15(16-11-8-13(24-16)4-3-5-17(20)21)19-25(22,23)14-9-6-12(18)7-10-14/h6-11,15,19H,2-5H2,1H3,(H,20,21). The van der Waals surface area contributed by atoms with Gasteiger partial charge >= 0.3 is 5.97 Å². The van der Waals surface area contributed by atoms with Crippen LogP contribution in [0.4, 0.5) is 0 Å². The lowest BCUT2D eigenvalue weighted by molar-refractivity contribution is -0.137. The minimum Gasteiger partial charge on any atom is -0.481 e. The summed E-state index contributed by atoms with van der Waals surface area (Å²) in [7, 11) is -3.64. The molecule has 2 rings (SSSR count). The summed E-state index contributed by atoms with van der Waals surface area (Å²) in [5, 5.41) is 9.18. The van der Waals surface area contributed by atoms with Crippen molar-refractivity contribution in [2.75, 3.05) is 0 Å². The number of rotatable bonds is 9. The molecule has 0 fully saturated rings. The van der Waals surface area contributed by atoms with Gasteiger partial charge in [-0.25, -0.2) is 13.1 Å². The van der Waals surface area contributed by atoms with E-state index in [1.165, 1.54) is 23.5 Å². The Labute approximate surface area is 156 Å². The molecule has 0 radical (unpaired) electrons. The smallest absolute Gasteiger partial charge is 0.303 e. The predicted octanol–water partition coefficient (Wildman–Crippen LogP) is 4.24. The summed E-state index contributed by atoms with van der Waals surface area (Å²) in [6, 6.07) is 9.55. The number of carboxylic acids is 1. The van der Waals surface area contributed by atoms with E-state index in [4.69, 9.17) is 16.7 Å². The minimum atomic E-state index is -3.64. The predicted molar refractivity (Wildman–Crippen MR) is 99.7 cm³/mol. The van der Waals surface area contributed by atoms with Crippen LogP contribution in [0.3, 0.4) is 0 Å². The molecule has 5 nitrogen and oxygen atoms in total. The zero-order chi connectivity index (χ0) is 18.4. The Balaban J connectivity index is 2.08. The Morgan fingerprint density at radius 2 is 1.92 bits per heavy atom. The number of benzene rings is 1. The average Bonchev–Trinajstić information content (AvgIpc) is 3.01. The number of halogens is 1. The van der Waals surface area contributed by atoms with Gasteiger partial charge in [0.2, 0.25) is 10.0 Å². The van der Waals surface area contributed by atoms with Crippen molar-refractivity contribution >= 4 is 38.9 Å². The van der Waals surface area contributed by atoms with E-state index in [2.05, 4.69) is 4.72 Å². The van der Waals surface area contributed by atoms with Crippen LogP contribution in [0.25, 0.3) is 0 Å². The highest BCUT2D eigenvalue weighted by Gasteiger charge is 2.21. The number of aliphatic carboxylic acids is 1. The Bertz CT molecular complexity index is 815. The number of aryl methyl sites for hydroxylation is 1. The first-order valence-corrected chi connectivity index (χ1v) is 10.6. The normalized spacial score (nSPS) is 12.9. The van der Waals surface area contributed by atoms with Crippen LogP contribution < -0.4 is 4.72 Å². The van der Waals surface area contributed by atoms with Gasteiger partial charge in [-0.05, 0) is 55.7 Å². The molecule has 2 aromatic rings. The van der Waals surface area contributed by atoms with Gasteiger partial charge in [0.15, 0.2) is 0 Å². The molecule has 1 heterocycles. The maximum absolute atomic E-state index is 12.5. The van der Waals surface area contributed by atoms with Crippen molar-refractivity contribution in [2.45, 2.75) is 43.5 Å². The van der Waals surface area contributed by atoms with Crippen molar-refractivity contribution < 1.29 is 18.3 Å². The Kier molecular flexibility index (Phi) is 7.01. The van der Waals surface area contributed by atoms with Crippen molar-refractivity contribution in [2.24, 2.45) is 0 Å². The highest BCUT2D eigenvalue weighted by atomic mass is 35.5. The van der Waals surface area contributed by atoms with Gasteiger partial charge in [-0.3, -0.25) is 4.79 Å². The number of carbonyl (C=O) groups is 1. The Morgan fingerprint density at radius 1 is 1.24 bits per heavy atom. The SMILES string of the molecule is CCC(NS(=O)(=O)c1ccc(Cl)cc1)c1ccc(CCCC(=O)O)s1. The van der Waals surface area contributed by atoms with E-state index in [1.807, 2.05) is 19.1 Å². The molecule has 0 amide bonds. The third kappa shape index (κ3) is 5.81. The summed E-state index contributed by atoms with van der Waals surface area (Å²) in [5.41, 5.74) is 0. The van der Waals surface area contributed by atoms with E-state index in [1.54, 1.807) is 12.1 Å². The molecule has 0 spiro atoms. The lowest BCUT2D eigenvalue weighted by atomic mass is 10.2. The van der Waals surface area contributed by atoms with Crippen LogP contribution in [-0.4, -0.2) is 19.5 Å². The number of thiophene rings is 1. The lowest BCUT2D eigenvalue weighted by Gasteiger charge is -2.16. The highest BCUT2D eigenvalue weighted by Crippen LogP contribution is 2.28. The fourth-order valence-electron chi connectivity index (χ4n) is 2.34. The molecule has 1 aromatic heterocycles. The van der Waals surface area contributed by atoms with Gasteiger partial charge in [0.05, 0.1) is 10.9 Å². The van der Waals surface area contributed by atoms with Crippen molar-refractivity contribution in [3.8, 4) is 0 Å². The van der Waals surface area contributed by atoms with Crippen molar-refractivity contribution in [1.29, 1.82) is 0 Å². The second-order valence-electron chi connectivity index (χ2n) is 5.59. The van der Waals surface area contributed by atoms with Crippen molar-refractivity contribution in [3.05, 3.63) is 51.2 Å². The number of nitrogens with one attached hydrogen (secondary N) is 1. The van der Waals surface area contributed by atoms with Gasteiger partial charge in [0, 0.05) is 21.2 Å². The van der Waals surface area contributed by atoms with E-state index in [-0.39, 0.29) is 17.4 Å². The summed E-state index contributed by atoms with van der Waals surface area (Å²) in [5.74, 6) is -0.807. The molecule has 1 unspecified atom stereocenters. The summed E-state index contributed by atoms with van der Waals surface area (Å²) in [6.45, 7) is 1.92. The minimum absolute atomic E-state index is 0.133. The van der Waals surface area contributed by atoms with Crippen LogP contribution in [0.15, 0.2) is 41.3 Å². The average molecular weight is 402 g/mol. The zero-order valence-electron chi connectivity index (χ0n) is 13.7. The van der Waals surface area contributed by atoms with Crippen LogP contribution in [0.1, 0.15) is 42.0 Å². The summed E-state index contributed by atoms with van der Waals surface area (Å²) >= 11 is 7.32. The van der Waals surface area contributed by atoms with Crippen LogP contribution in [0.2, 0.25) is 5.02 Å². The highest BCUT2D eigenvalue weighted by molar-refractivity contribution is 7.89. The molecule has 136 valence electrons. The zero-order valence-corrected chi connectivity index (χ0v) is 16.1. The first kappa shape index (κ1) is 19.9.